The minimum atomic E-state index is -0.473. The molecule has 0 aliphatic heterocycles. The van der Waals surface area contributed by atoms with Gasteiger partial charge in [-0.2, -0.15) is 4.98 Å². The van der Waals surface area contributed by atoms with Crippen LogP contribution in [-0.2, 0) is 23.4 Å². The van der Waals surface area contributed by atoms with Gasteiger partial charge in [-0.05, 0) is 22.8 Å². The first-order valence-corrected chi connectivity index (χ1v) is 10.0. The zero-order chi connectivity index (χ0) is 23.3. The summed E-state index contributed by atoms with van der Waals surface area (Å²) in [6.45, 7) is 5.79. The second-order valence-corrected chi connectivity index (χ2v) is 8.10. The summed E-state index contributed by atoms with van der Waals surface area (Å²) in [5, 5.41) is 22.2. The van der Waals surface area contributed by atoms with Crippen molar-refractivity contribution >= 4 is 23.8 Å². The molecule has 10 heteroatoms. The van der Waals surface area contributed by atoms with E-state index < -0.39 is 5.91 Å². The van der Waals surface area contributed by atoms with Gasteiger partial charge in [0.25, 0.3) is 0 Å². The van der Waals surface area contributed by atoms with E-state index in [0.29, 0.717) is 29.3 Å². The first-order valence-electron chi connectivity index (χ1n) is 10.0. The lowest BCUT2D eigenvalue weighted by Gasteiger charge is -2.16. The Morgan fingerprint density at radius 3 is 2.62 bits per heavy atom. The van der Waals surface area contributed by atoms with Gasteiger partial charge >= 0.3 is 11.8 Å². The normalized spacial score (nSPS) is 11.2. The maximum Gasteiger partial charge on any atom is 0.315 e. The van der Waals surface area contributed by atoms with Crippen molar-refractivity contribution in [3.8, 4) is 11.1 Å². The Labute approximate surface area is 185 Å². The number of pyridine rings is 1. The Hall–Kier alpha value is -3.79. The van der Waals surface area contributed by atoms with E-state index in [1.165, 1.54) is 0 Å². The fourth-order valence-corrected chi connectivity index (χ4v) is 3.13. The molecule has 2 amide bonds. The summed E-state index contributed by atoms with van der Waals surface area (Å²) < 4.78 is 5.06. The monoisotopic (exact) mass is 438 g/mol. The molecular formula is C22H26N6O4. The van der Waals surface area contributed by atoms with Crippen LogP contribution in [0, 0.1) is 0 Å². The molecule has 0 bridgehead atoms. The standard InChI is InChI=1S/C22H26N6O4/c1-22(2,3)21-27-20(32-28-21)19(31)25-10-13-5-6-15(14(9-13)11-29)16-7-8-24-18(26-12-30)17(16)23-4/h5-9,12,23,29H,10-11H2,1-4H3,(H,25,31)(H,24,26,30). The lowest BCUT2D eigenvalue weighted by Crippen LogP contribution is -2.23. The highest BCUT2D eigenvalue weighted by atomic mass is 16.5. The SMILES string of the molecule is CNc1c(-c2ccc(CNC(=O)c3nc(C(C)(C)C)no3)cc2CO)ccnc1NC=O. The first-order chi connectivity index (χ1) is 15.3. The fourth-order valence-electron chi connectivity index (χ4n) is 3.13. The molecule has 0 fully saturated rings. The van der Waals surface area contributed by atoms with Crippen LogP contribution < -0.4 is 16.0 Å². The van der Waals surface area contributed by atoms with Crippen LogP contribution in [0.4, 0.5) is 11.5 Å². The average Bonchev–Trinajstić information content (AvgIpc) is 3.28. The Morgan fingerprint density at radius 2 is 2.00 bits per heavy atom. The van der Waals surface area contributed by atoms with Crippen molar-refractivity contribution in [3.63, 3.8) is 0 Å². The van der Waals surface area contributed by atoms with E-state index in [-0.39, 0.29) is 24.5 Å². The second-order valence-electron chi connectivity index (χ2n) is 8.10. The number of amides is 2. The summed E-state index contributed by atoms with van der Waals surface area (Å²) in [5.74, 6) is 0.267. The molecule has 0 aliphatic rings. The summed E-state index contributed by atoms with van der Waals surface area (Å²) in [6, 6.07) is 7.28. The highest BCUT2D eigenvalue weighted by molar-refractivity contribution is 5.90. The number of carbonyl (C=O) groups excluding carboxylic acids is 2. The van der Waals surface area contributed by atoms with Gasteiger partial charge in [-0.1, -0.05) is 44.1 Å². The highest BCUT2D eigenvalue weighted by Gasteiger charge is 2.23. The van der Waals surface area contributed by atoms with E-state index >= 15 is 0 Å². The molecule has 168 valence electrons. The van der Waals surface area contributed by atoms with Gasteiger partial charge in [-0.15, -0.1) is 0 Å². The van der Waals surface area contributed by atoms with Gasteiger partial charge in [0.05, 0.1) is 12.3 Å². The van der Waals surface area contributed by atoms with Crippen LogP contribution in [0.5, 0.6) is 0 Å². The van der Waals surface area contributed by atoms with Gasteiger partial charge in [0, 0.05) is 30.8 Å². The largest absolute Gasteiger partial charge is 0.392 e. The van der Waals surface area contributed by atoms with Crippen LogP contribution in [0.15, 0.2) is 35.0 Å². The molecule has 4 N–H and O–H groups in total. The zero-order valence-corrected chi connectivity index (χ0v) is 18.4. The van der Waals surface area contributed by atoms with Crippen molar-refractivity contribution in [1.29, 1.82) is 0 Å². The number of benzene rings is 1. The maximum atomic E-state index is 12.4. The lowest BCUT2D eigenvalue weighted by molar-refractivity contribution is -0.105. The number of rotatable bonds is 8. The number of hydrogen-bond acceptors (Lipinski definition) is 8. The van der Waals surface area contributed by atoms with Crippen LogP contribution >= 0.6 is 0 Å². The van der Waals surface area contributed by atoms with Crippen LogP contribution in [0.1, 0.15) is 48.4 Å². The number of aliphatic hydroxyl groups is 1. The first kappa shape index (κ1) is 22.9. The predicted molar refractivity (Wildman–Crippen MR) is 119 cm³/mol. The molecule has 32 heavy (non-hydrogen) atoms. The van der Waals surface area contributed by atoms with Gasteiger partial charge in [0.15, 0.2) is 11.6 Å². The van der Waals surface area contributed by atoms with Gasteiger partial charge in [-0.25, -0.2) is 4.98 Å². The minimum absolute atomic E-state index is 0.0976. The Bertz CT molecular complexity index is 1120. The number of carbonyl (C=O) groups is 2. The van der Waals surface area contributed by atoms with Crippen LogP contribution in [0.2, 0.25) is 0 Å². The number of nitrogens with zero attached hydrogens (tertiary/aromatic N) is 3. The molecule has 2 aromatic heterocycles. The lowest BCUT2D eigenvalue weighted by atomic mass is 9.96. The molecule has 3 aromatic rings. The molecule has 0 spiro atoms. The van der Waals surface area contributed by atoms with Crippen molar-refractivity contribution < 1.29 is 19.2 Å². The molecule has 10 nitrogen and oxygen atoms in total. The zero-order valence-electron chi connectivity index (χ0n) is 18.4. The average molecular weight is 438 g/mol. The third-order valence-electron chi connectivity index (χ3n) is 4.77. The quantitative estimate of drug-likeness (QED) is 0.393. The van der Waals surface area contributed by atoms with E-state index in [4.69, 9.17) is 4.52 Å². The van der Waals surface area contributed by atoms with Crippen molar-refractivity contribution in [2.45, 2.75) is 39.3 Å². The van der Waals surface area contributed by atoms with Gasteiger partial charge in [-0.3, -0.25) is 9.59 Å². The van der Waals surface area contributed by atoms with Crippen LogP contribution in [0.3, 0.4) is 0 Å². The molecule has 0 radical (unpaired) electrons. The van der Waals surface area contributed by atoms with E-state index in [9.17, 15) is 14.7 Å². The molecule has 3 rings (SSSR count). The fraction of sp³-hybridized carbons (Fsp3) is 0.318. The Balaban J connectivity index is 1.80. The molecular weight excluding hydrogens is 412 g/mol. The number of aromatic nitrogens is 3. The predicted octanol–water partition coefficient (Wildman–Crippen LogP) is 2.46. The molecule has 0 atom stereocenters. The summed E-state index contributed by atoms with van der Waals surface area (Å²) in [5.41, 5.74) is 3.29. The third kappa shape index (κ3) is 4.92. The summed E-state index contributed by atoms with van der Waals surface area (Å²) in [7, 11) is 1.72. The smallest absolute Gasteiger partial charge is 0.315 e. The number of anilines is 2. The van der Waals surface area contributed by atoms with E-state index in [1.54, 1.807) is 25.4 Å². The van der Waals surface area contributed by atoms with Gasteiger partial charge < -0.3 is 25.6 Å². The molecule has 0 unspecified atom stereocenters. The maximum absolute atomic E-state index is 12.4. The number of nitrogens with one attached hydrogen (secondary N) is 3. The molecule has 0 aliphatic carbocycles. The van der Waals surface area contributed by atoms with E-state index in [2.05, 4.69) is 31.1 Å². The summed E-state index contributed by atoms with van der Waals surface area (Å²) in [6.07, 6.45) is 2.13. The van der Waals surface area contributed by atoms with Crippen LogP contribution in [-0.4, -0.2) is 39.6 Å². The molecule has 2 heterocycles. The van der Waals surface area contributed by atoms with Crippen molar-refractivity contribution in [3.05, 3.63) is 53.3 Å². The van der Waals surface area contributed by atoms with Crippen LogP contribution in [0.25, 0.3) is 11.1 Å². The van der Waals surface area contributed by atoms with E-state index in [1.807, 2.05) is 32.9 Å². The number of hydrogen-bond donors (Lipinski definition) is 4. The minimum Gasteiger partial charge on any atom is -0.392 e. The highest BCUT2D eigenvalue weighted by Crippen LogP contribution is 2.35. The Kier molecular flexibility index (Phi) is 6.84. The van der Waals surface area contributed by atoms with E-state index in [0.717, 1.165) is 16.7 Å². The van der Waals surface area contributed by atoms with Crippen molar-refractivity contribution in [2.75, 3.05) is 17.7 Å². The molecule has 1 aromatic carbocycles. The summed E-state index contributed by atoms with van der Waals surface area (Å²) in [4.78, 5) is 31.6. The van der Waals surface area contributed by atoms with Crippen molar-refractivity contribution in [2.24, 2.45) is 0 Å². The molecule has 0 saturated heterocycles. The van der Waals surface area contributed by atoms with Crippen molar-refractivity contribution in [1.82, 2.24) is 20.4 Å². The topological polar surface area (TPSA) is 142 Å². The third-order valence-corrected chi connectivity index (χ3v) is 4.77. The van der Waals surface area contributed by atoms with Gasteiger partial charge in [0.1, 0.15) is 0 Å². The molecule has 0 saturated carbocycles. The number of aliphatic hydroxyl groups excluding tert-OH is 1. The summed E-state index contributed by atoms with van der Waals surface area (Å²) >= 11 is 0. The second kappa shape index (κ2) is 9.56. The van der Waals surface area contributed by atoms with Gasteiger partial charge in [0.2, 0.25) is 6.41 Å². The Morgan fingerprint density at radius 1 is 1.22 bits per heavy atom.